The molecule has 9 nitrogen and oxygen atoms in total. The van der Waals surface area contributed by atoms with Crippen molar-refractivity contribution in [2.45, 2.75) is 60.0 Å². The number of benzene rings is 1. The summed E-state index contributed by atoms with van der Waals surface area (Å²) >= 11 is 0. The van der Waals surface area contributed by atoms with E-state index in [0.717, 1.165) is 34.1 Å². The van der Waals surface area contributed by atoms with E-state index < -0.39 is 23.7 Å². The summed E-state index contributed by atoms with van der Waals surface area (Å²) in [6.07, 6.45) is 2.26. The first-order valence-electron chi connectivity index (χ1n) is 10.3. The minimum absolute atomic E-state index is 0.146. The van der Waals surface area contributed by atoms with Gasteiger partial charge >= 0.3 is 5.69 Å². The van der Waals surface area contributed by atoms with Gasteiger partial charge in [-0.15, -0.1) is 0 Å². The molecule has 0 fully saturated rings. The van der Waals surface area contributed by atoms with Crippen molar-refractivity contribution in [3.63, 3.8) is 0 Å². The molecule has 0 aliphatic carbocycles. The summed E-state index contributed by atoms with van der Waals surface area (Å²) in [4.78, 5) is 43.4. The Hall–Kier alpha value is -3.49. The van der Waals surface area contributed by atoms with Gasteiger partial charge in [-0.1, -0.05) is 22.9 Å². The first-order valence-corrected chi connectivity index (χ1v) is 10.3. The SMILES string of the molecule is Cc1cc(C)c(NC(=O)Cn2c(=O)c(-c3noc(C)n3)c3n(c2=O)CCCC3)c(C)c1. The van der Waals surface area contributed by atoms with E-state index in [1.165, 1.54) is 0 Å². The van der Waals surface area contributed by atoms with Gasteiger partial charge in [-0.3, -0.25) is 18.7 Å². The molecule has 1 aromatic carbocycles. The second-order valence-electron chi connectivity index (χ2n) is 8.06. The third-order valence-corrected chi connectivity index (χ3v) is 5.57. The minimum Gasteiger partial charge on any atom is -0.339 e. The highest BCUT2D eigenvalue weighted by molar-refractivity contribution is 5.92. The Morgan fingerprint density at radius 3 is 2.48 bits per heavy atom. The quantitative estimate of drug-likeness (QED) is 0.689. The molecule has 3 heterocycles. The third kappa shape index (κ3) is 3.83. The molecule has 4 rings (SSSR count). The number of anilines is 1. The van der Waals surface area contributed by atoms with E-state index in [0.29, 0.717) is 30.2 Å². The molecule has 0 saturated heterocycles. The molecule has 9 heteroatoms. The average Bonchev–Trinajstić information content (AvgIpc) is 3.14. The summed E-state index contributed by atoms with van der Waals surface area (Å²) in [5, 5.41) is 6.74. The summed E-state index contributed by atoms with van der Waals surface area (Å²) in [6.45, 7) is 7.53. The highest BCUT2D eigenvalue weighted by atomic mass is 16.5. The Labute approximate surface area is 178 Å². The Kier molecular flexibility index (Phi) is 5.34. The first-order chi connectivity index (χ1) is 14.8. The lowest BCUT2D eigenvalue weighted by atomic mass is 10.0. The van der Waals surface area contributed by atoms with Gasteiger partial charge < -0.3 is 9.84 Å². The number of hydrogen-bond acceptors (Lipinski definition) is 6. The Morgan fingerprint density at radius 2 is 1.84 bits per heavy atom. The number of carbonyl (C=O) groups excluding carboxylic acids is 1. The van der Waals surface area contributed by atoms with Crippen LogP contribution in [0.1, 0.15) is 41.1 Å². The van der Waals surface area contributed by atoms with Crippen LogP contribution in [-0.4, -0.2) is 25.2 Å². The first kappa shape index (κ1) is 20.8. The van der Waals surface area contributed by atoms with Crippen molar-refractivity contribution in [1.29, 1.82) is 0 Å². The topological polar surface area (TPSA) is 112 Å². The standard InChI is InChI=1S/C22H25N5O4/c1-12-9-13(2)19(14(3)10-12)24-17(28)11-27-21(29)18(20-23-15(4)31-25-20)16-7-5-6-8-26(16)22(27)30/h9-10H,5-8,11H2,1-4H3,(H,24,28). The van der Waals surface area contributed by atoms with Gasteiger partial charge in [-0.2, -0.15) is 4.98 Å². The molecule has 0 saturated carbocycles. The van der Waals surface area contributed by atoms with E-state index in [1.54, 1.807) is 11.5 Å². The molecule has 0 unspecified atom stereocenters. The molecule has 1 N–H and O–H groups in total. The highest BCUT2D eigenvalue weighted by Crippen LogP contribution is 2.23. The van der Waals surface area contributed by atoms with Crippen LogP contribution in [0.3, 0.4) is 0 Å². The molecule has 0 atom stereocenters. The van der Waals surface area contributed by atoms with Crippen molar-refractivity contribution in [2.75, 3.05) is 5.32 Å². The maximum atomic E-state index is 13.3. The van der Waals surface area contributed by atoms with Crippen LogP contribution in [0.4, 0.5) is 5.69 Å². The van der Waals surface area contributed by atoms with E-state index >= 15 is 0 Å². The summed E-state index contributed by atoms with van der Waals surface area (Å²) in [7, 11) is 0. The zero-order valence-electron chi connectivity index (χ0n) is 18.1. The second-order valence-corrected chi connectivity index (χ2v) is 8.06. The molecule has 0 spiro atoms. The summed E-state index contributed by atoms with van der Waals surface area (Å²) in [6, 6.07) is 3.94. The molecule has 1 aliphatic heterocycles. The molecule has 31 heavy (non-hydrogen) atoms. The second kappa shape index (κ2) is 7.98. The van der Waals surface area contributed by atoms with Crippen molar-refractivity contribution in [3.8, 4) is 11.4 Å². The largest absolute Gasteiger partial charge is 0.339 e. The predicted molar refractivity (Wildman–Crippen MR) is 115 cm³/mol. The fourth-order valence-corrected chi connectivity index (χ4v) is 4.26. The van der Waals surface area contributed by atoms with Gasteiger partial charge in [-0.25, -0.2) is 4.79 Å². The molecule has 0 radical (unpaired) electrons. The van der Waals surface area contributed by atoms with Gasteiger partial charge in [0.1, 0.15) is 12.1 Å². The van der Waals surface area contributed by atoms with E-state index in [9.17, 15) is 14.4 Å². The number of hydrogen-bond donors (Lipinski definition) is 1. The van der Waals surface area contributed by atoms with Crippen LogP contribution in [-0.2, 0) is 24.3 Å². The number of fused-ring (bicyclic) bond motifs is 1. The fourth-order valence-electron chi connectivity index (χ4n) is 4.26. The van der Waals surface area contributed by atoms with Crippen molar-refractivity contribution in [2.24, 2.45) is 0 Å². The van der Waals surface area contributed by atoms with Crippen molar-refractivity contribution in [1.82, 2.24) is 19.3 Å². The van der Waals surface area contributed by atoms with Crippen LogP contribution in [0.2, 0.25) is 0 Å². The number of aromatic nitrogens is 4. The Bertz CT molecular complexity index is 1280. The van der Waals surface area contributed by atoms with Crippen LogP contribution in [0, 0.1) is 27.7 Å². The number of rotatable bonds is 4. The molecule has 0 bridgehead atoms. The molecule has 1 amide bonds. The molecule has 1 aliphatic rings. The normalized spacial score (nSPS) is 13.2. The number of aryl methyl sites for hydroxylation is 4. The third-order valence-electron chi connectivity index (χ3n) is 5.57. The zero-order valence-corrected chi connectivity index (χ0v) is 18.1. The smallest absolute Gasteiger partial charge is 0.331 e. The maximum Gasteiger partial charge on any atom is 0.331 e. The van der Waals surface area contributed by atoms with Gasteiger partial charge in [0.2, 0.25) is 17.6 Å². The van der Waals surface area contributed by atoms with Gasteiger partial charge in [0, 0.05) is 24.8 Å². The maximum absolute atomic E-state index is 13.3. The highest BCUT2D eigenvalue weighted by Gasteiger charge is 2.26. The van der Waals surface area contributed by atoms with E-state index in [1.807, 2.05) is 32.9 Å². The number of carbonyl (C=O) groups is 1. The van der Waals surface area contributed by atoms with E-state index in [-0.39, 0.29) is 11.4 Å². The van der Waals surface area contributed by atoms with Crippen LogP contribution in [0.25, 0.3) is 11.4 Å². The van der Waals surface area contributed by atoms with Crippen molar-refractivity contribution in [3.05, 3.63) is 61.2 Å². The van der Waals surface area contributed by atoms with Crippen LogP contribution in [0.5, 0.6) is 0 Å². The minimum atomic E-state index is -0.577. The van der Waals surface area contributed by atoms with Crippen LogP contribution < -0.4 is 16.6 Å². The molecular formula is C22H25N5O4. The fraction of sp³-hybridized carbons (Fsp3) is 0.409. The number of amides is 1. The lowest BCUT2D eigenvalue weighted by Gasteiger charge is -2.22. The lowest BCUT2D eigenvalue weighted by molar-refractivity contribution is -0.116. The predicted octanol–water partition coefficient (Wildman–Crippen LogP) is 2.27. The van der Waals surface area contributed by atoms with Crippen LogP contribution in [0.15, 0.2) is 26.2 Å². The van der Waals surface area contributed by atoms with Crippen molar-refractivity contribution >= 4 is 11.6 Å². The molecule has 162 valence electrons. The van der Waals surface area contributed by atoms with Crippen LogP contribution >= 0.6 is 0 Å². The Morgan fingerprint density at radius 1 is 1.13 bits per heavy atom. The Balaban J connectivity index is 1.76. The summed E-state index contributed by atoms with van der Waals surface area (Å²) < 4.78 is 7.57. The number of nitrogens with zero attached hydrogens (tertiary/aromatic N) is 4. The van der Waals surface area contributed by atoms with Gasteiger partial charge in [0.15, 0.2) is 0 Å². The van der Waals surface area contributed by atoms with E-state index in [2.05, 4.69) is 15.5 Å². The summed E-state index contributed by atoms with van der Waals surface area (Å²) in [5.41, 5.74) is 3.39. The molecular weight excluding hydrogens is 398 g/mol. The zero-order chi connectivity index (χ0) is 22.3. The molecule has 2 aromatic heterocycles. The monoisotopic (exact) mass is 423 g/mol. The van der Waals surface area contributed by atoms with E-state index in [4.69, 9.17) is 4.52 Å². The van der Waals surface area contributed by atoms with Gasteiger partial charge in [0.25, 0.3) is 5.56 Å². The summed E-state index contributed by atoms with van der Waals surface area (Å²) in [5.74, 6) is 0.0261. The lowest BCUT2D eigenvalue weighted by Crippen LogP contribution is -2.45. The van der Waals surface area contributed by atoms with Gasteiger partial charge in [0.05, 0.1) is 0 Å². The molecule has 3 aromatic rings. The van der Waals surface area contributed by atoms with Gasteiger partial charge in [-0.05, 0) is 51.2 Å². The number of nitrogens with one attached hydrogen (secondary N) is 1. The van der Waals surface area contributed by atoms with Crippen molar-refractivity contribution < 1.29 is 9.32 Å². The average molecular weight is 423 g/mol.